The number of halogens is 3. The van der Waals surface area contributed by atoms with Crippen LogP contribution in [0.15, 0.2) is 42.5 Å². The molecule has 0 saturated heterocycles. The number of hydrogen-bond donors (Lipinski definition) is 1. The van der Waals surface area contributed by atoms with Gasteiger partial charge < -0.3 is 5.32 Å². The van der Waals surface area contributed by atoms with Gasteiger partial charge >= 0.3 is 0 Å². The maximum atomic E-state index is 6.36. The highest BCUT2D eigenvalue weighted by atomic mass is 127. The van der Waals surface area contributed by atoms with Gasteiger partial charge in [-0.25, -0.2) is 0 Å². The van der Waals surface area contributed by atoms with Gasteiger partial charge in [0.05, 0.1) is 6.04 Å². The molecule has 0 amide bonds. The van der Waals surface area contributed by atoms with Crippen LogP contribution in [0.2, 0.25) is 10.0 Å². The first kappa shape index (κ1) is 16.1. The summed E-state index contributed by atoms with van der Waals surface area (Å²) in [6, 6.07) is 14.3. The molecule has 2 rings (SSSR count). The summed E-state index contributed by atoms with van der Waals surface area (Å²) in [7, 11) is 0. The quantitative estimate of drug-likeness (QED) is 0.614. The third-order valence-corrected chi connectivity index (χ3v) is 4.36. The Morgan fingerprint density at radius 1 is 1.10 bits per heavy atom. The van der Waals surface area contributed by atoms with Crippen molar-refractivity contribution < 1.29 is 0 Å². The van der Waals surface area contributed by atoms with Crippen molar-refractivity contribution in [2.45, 2.75) is 19.4 Å². The minimum Gasteiger partial charge on any atom is -0.306 e. The van der Waals surface area contributed by atoms with Crippen molar-refractivity contribution in [1.29, 1.82) is 0 Å². The Labute approximate surface area is 143 Å². The summed E-state index contributed by atoms with van der Waals surface area (Å²) in [5.41, 5.74) is 2.27. The van der Waals surface area contributed by atoms with Crippen molar-refractivity contribution in [3.63, 3.8) is 0 Å². The largest absolute Gasteiger partial charge is 0.306 e. The van der Waals surface area contributed by atoms with E-state index in [0.29, 0.717) is 10.0 Å². The van der Waals surface area contributed by atoms with Gasteiger partial charge in [-0.05, 0) is 70.9 Å². The van der Waals surface area contributed by atoms with Crippen molar-refractivity contribution in [1.82, 2.24) is 5.32 Å². The lowest BCUT2D eigenvalue weighted by molar-refractivity contribution is 0.598. The summed E-state index contributed by atoms with van der Waals surface area (Å²) in [6.07, 6.45) is 1.08. The van der Waals surface area contributed by atoms with Crippen LogP contribution in [0.25, 0.3) is 0 Å². The molecule has 2 aromatic carbocycles. The highest BCUT2D eigenvalue weighted by molar-refractivity contribution is 14.1. The zero-order valence-electron chi connectivity index (χ0n) is 11.2. The van der Waals surface area contributed by atoms with E-state index in [9.17, 15) is 0 Å². The third kappa shape index (κ3) is 4.10. The Bertz CT molecular complexity index is 569. The van der Waals surface area contributed by atoms with E-state index in [1.807, 2.05) is 12.1 Å². The summed E-state index contributed by atoms with van der Waals surface area (Å²) < 4.78 is 1.22. The highest BCUT2D eigenvalue weighted by Gasteiger charge is 2.16. The molecule has 1 atom stereocenters. The SMILES string of the molecule is CCCNC(c1ccc(I)cc1)c1ccc(Cl)cc1Cl. The second kappa shape index (κ2) is 7.64. The summed E-state index contributed by atoms with van der Waals surface area (Å²) >= 11 is 14.7. The predicted octanol–water partition coefficient (Wildman–Crippen LogP) is 5.69. The Morgan fingerprint density at radius 3 is 2.40 bits per heavy atom. The van der Waals surface area contributed by atoms with Crippen LogP contribution in [0, 0.1) is 3.57 Å². The molecule has 20 heavy (non-hydrogen) atoms. The van der Waals surface area contributed by atoms with Gasteiger partial charge in [-0.2, -0.15) is 0 Å². The fourth-order valence-corrected chi connectivity index (χ4v) is 2.96. The third-order valence-electron chi connectivity index (χ3n) is 3.08. The summed E-state index contributed by atoms with van der Waals surface area (Å²) in [4.78, 5) is 0. The minimum absolute atomic E-state index is 0.0942. The van der Waals surface area contributed by atoms with E-state index in [-0.39, 0.29) is 6.04 Å². The minimum atomic E-state index is 0.0942. The second-order valence-corrected chi connectivity index (χ2v) is 6.69. The van der Waals surface area contributed by atoms with Crippen LogP contribution in [-0.2, 0) is 0 Å². The molecule has 0 saturated carbocycles. The molecule has 2 aromatic rings. The van der Waals surface area contributed by atoms with Crippen LogP contribution in [0.4, 0.5) is 0 Å². The van der Waals surface area contributed by atoms with Crippen LogP contribution >= 0.6 is 45.8 Å². The molecule has 1 N–H and O–H groups in total. The van der Waals surface area contributed by atoms with Crippen LogP contribution in [0.3, 0.4) is 0 Å². The van der Waals surface area contributed by atoms with Crippen molar-refractivity contribution in [3.05, 3.63) is 67.2 Å². The summed E-state index contributed by atoms with van der Waals surface area (Å²) in [5.74, 6) is 0. The molecule has 4 heteroatoms. The average molecular weight is 420 g/mol. The van der Waals surface area contributed by atoms with Gasteiger partial charge in [0.15, 0.2) is 0 Å². The highest BCUT2D eigenvalue weighted by Crippen LogP contribution is 2.30. The van der Waals surface area contributed by atoms with E-state index in [4.69, 9.17) is 23.2 Å². The predicted molar refractivity (Wildman–Crippen MR) is 95.8 cm³/mol. The smallest absolute Gasteiger partial charge is 0.0591 e. The fourth-order valence-electron chi connectivity index (χ4n) is 2.09. The van der Waals surface area contributed by atoms with Crippen molar-refractivity contribution in [3.8, 4) is 0 Å². The molecule has 0 spiro atoms. The first-order chi connectivity index (χ1) is 9.61. The zero-order valence-corrected chi connectivity index (χ0v) is 14.8. The number of benzene rings is 2. The van der Waals surface area contributed by atoms with Gasteiger partial charge in [0.25, 0.3) is 0 Å². The van der Waals surface area contributed by atoms with E-state index < -0.39 is 0 Å². The van der Waals surface area contributed by atoms with E-state index in [0.717, 1.165) is 18.5 Å². The zero-order chi connectivity index (χ0) is 14.5. The van der Waals surface area contributed by atoms with Gasteiger partial charge in [0, 0.05) is 13.6 Å². The topological polar surface area (TPSA) is 12.0 Å². The van der Waals surface area contributed by atoms with E-state index in [2.05, 4.69) is 59.1 Å². The van der Waals surface area contributed by atoms with Gasteiger partial charge in [-0.1, -0.05) is 48.3 Å². The number of rotatable bonds is 5. The molecule has 0 aliphatic rings. The van der Waals surface area contributed by atoms with Gasteiger partial charge in [0.2, 0.25) is 0 Å². The van der Waals surface area contributed by atoms with Gasteiger partial charge in [-0.3, -0.25) is 0 Å². The van der Waals surface area contributed by atoms with E-state index in [1.165, 1.54) is 9.13 Å². The molecular formula is C16H16Cl2IN. The maximum absolute atomic E-state index is 6.36. The molecule has 0 aliphatic carbocycles. The Hall–Kier alpha value is -0.290. The molecule has 0 aromatic heterocycles. The van der Waals surface area contributed by atoms with Crippen molar-refractivity contribution in [2.24, 2.45) is 0 Å². The molecular weight excluding hydrogens is 404 g/mol. The molecule has 0 aliphatic heterocycles. The lowest BCUT2D eigenvalue weighted by Crippen LogP contribution is -2.23. The Morgan fingerprint density at radius 2 is 1.80 bits per heavy atom. The Kier molecular flexibility index (Phi) is 6.15. The monoisotopic (exact) mass is 419 g/mol. The van der Waals surface area contributed by atoms with E-state index >= 15 is 0 Å². The second-order valence-electron chi connectivity index (χ2n) is 4.60. The Balaban J connectivity index is 2.38. The van der Waals surface area contributed by atoms with Crippen LogP contribution in [-0.4, -0.2) is 6.54 Å². The van der Waals surface area contributed by atoms with Crippen LogP contribution < -0.4 is 5.32 Å². The summed E-state index contributed by atoms with van der Waals surface area (Å²) in [6.45, 7) is 3.09. The molecule has 0 heterocycles. The number of hydrogen-bond acceptors (Lipinski definition) is 1. The standard InChI is InChI=1S/C16H16Cl2IN/c1-2-9-20-16(11-3-6-13(19)7-4-11)14-8-5-12(17)10-15(14)18/h3-8,10,16,20H,2,9H2,1H3. The van der Waals surface area contributed by atoms with Crippen molar-refractivity contribution in [2.75, 3.05) is 6.54 Å². The number of nitrogens with one attached hydrogen (secondary N) is 1. The first-order valence-corrected chi connectivity index (χ1v) is 8.39. The summed E-state index contributed by atoms with van der Waals surface area (Å²) in [5, 5.41) is 4.91. The van der Waals surface area contributed by atoms with Crippen LogP contribution in [0.5, 0.6) is 0 Å². The molecule has 1 unspecified atom stereocenters. The van der Waals surface area contributed by atoms with Gasteiger partial charge in [0.1, 0.15) is 0 Å². The first-order valence-electron chi connectivity index (χ1n) is 6.55. The fraction of sp³-hybridized carbons (Fsp3) is 0.250. The molecule has 0 radical (unpaired) electrons. The normalized spacial score (nSPS) is 12.4. The van der Waals surface area contributed by atoms with Gasteiger partial charge in [-0.15, -0.1) is 0 Å². The van der Waals surface area contributed by atoms with E-state index in [1.54, 1.807) is 6.07 Å². The lowest BCUT2D eigenvalue weighted by atomic mass is 9.98. The average Bonchev–Trinajstić information content (AvgIpc) is 2.42. The lowest BCUT2D eigenvalue weighted by Gasteiger charge is -2.21. The molecule has 106 valence electrons. The van der Waals surface area contributed by atoms with Crippen molar-refractivity contribution >= 4 is 45.8 Å². The molecule has 0 fully saturated rings. The molecule has 1 nitrogen and oxygen atoms in total. The maximum Gasteiger partial charge on any atom is 0.0591 e. The molecule has 0 bridgehead atoms. The van der Waals surface area contributed by atoms with Crippen LogP contribution in [0.1, 0.15) is 30.5 Å².